The van der Waals surface area contributed by atoms with Crippen molar-refractivity contribution in [1.29, 1.82) is 0 Å². The highest BCUT2D eigenvalue weighted by Crippen LogP contribution is 2.29. The van der Waals surface area contributed by atoms with Crippen molar-refractivity contribution in [3.05, 3.63) is 41.5 Å². The fraction of sp³-hybridized carbons (Fsp3) is 0.214. The lowest BCUT2D eigenvalue weighted by atomic mass is 10.0. The number of aromatic nitrogens is 4. The van der Waals surface area contributed by atoms with E-state index in [1.54, 1.807) is 0 Å². The first-order chi connectivity index (χ1) is 8.66. The minimum atomic E-state index is 0.781. The third kappa shape index (κ3) is 1.57. The number of hydrogen-bond donors (Lipinski definition) is 1. The van der Waals surface area contributed by atoms with Crippen molar-refractivity contribution in [2.75, 3.05) is 0 Å². The SMILES string of the molecule is Cc1nc(-c2c(C)n[nH]c2C)c2ccccc2n1. The summed E-state index contributed by atoms with van der Waals surface area (Å²) in [6.07, 6.45) is 0. The molecule has 1 N–H and O–H groups in total. The second-order valence-electron chi connectivity index (χ2n) is 4.45. The topological polar surface area (TPSA) is 54.5 Å². The van der Waals surface area contributed by atoms with Gasteiger partial charge in [-0.2, -0.15) is 5.10 Å². The average molecular weight is 238 g/mol. The molecule has 3 aromatic rings. The Morgan fingerprint density at radius 2 is 1.78 bits per heavy atom. The van der Waals surface area contributed by atoms with Crippen molar-refractivity contribution in [2.45, 2.75) is 20.8 Å². The number of para-hydroxylation sites is 1. The van der Waals surface area contributed by atoms with E-state index in [1.807, 2.05) is 39.0 Å². The standard InChI is InChI=1S/C14H14N4/c1-8-13(9(2)18-17-8)14-11-6-4-5-7-12(11)15-10(3)16-14/h4-7H,1-3H3,(H,17,18). The van der Waals surface area contributed by atoms with Gasteiger partial charge < -0.3 is 0 Å². The number of nitrogens with one attached hydrogen (secondary N) is 1. The molecule has 0 aliphatic rings. The first-order valence-electron chi connectivity index (χ1n) is 5.92. The van der Waals surface area contributed by atoms with E-state index in [1.165, 1.54) is 0 Å². The Morgan fingerprint density at radius 1 is 1.00 bits per heavy atom. The minimum Gasteiger partial charge on any atom is -0.282 e. The van der Waals surface area contributed by atoms with Gasteiger partial charge in [0.25, 0.3) is 0 Å². The molecule has 2 heterocycles. The molecular weight excluding hydrogens is 224 g/mol. The largest absolute Gasteiger partial charge is 0.282 e. The third-order valence-electron chi connectivity index (χ3n) is 3.08. The monoisotopic (exact) mass is 238 g/mol. The van der Waals surface area contributed by atoms with Crippen molar-refractivity contribution in [1.82, 2.24) is 20.2 Å². The second kappa shape index (κ2) is 3.91. The number of aryl methyl sites for hydroxylation is 3. The quantitative estimate of drug-likeness (QED) is 0.709. The molecule has 0 spiro atoms. The Kier molecular flexibility index (Phi) is 2.37. The molecule has 0 unspecified atom stereocenters. The molecule has 0 bridgehead atoms. The van der Waals surface area contributed by atoms with E-state index in [0.717, 1.165) is 39.4 Å². The van der Waals surface area contributed by atoms with Crippen LogP contribution in [0.2, 0.25) is 0 Å². The summed E-state index contributed by atoms with van der Waals surface area (Å²) in [5.41, 5.74) is 5.02. The summed E-state index contributed by atoms with van der Waals surface area (Å²) in [4.78, 5) is 9.06. The summed E-state index contributed by atoms with van der Waals surface area (Å²) in [6.45, 7) is 5.92. The van der Waals surface area contributed by atoms with Crippen LogP contribution in [0.5, 0.6) is 0 Å². The fourth-order valence-corrected chi connectivity index (χ4v) is 2.28. The molecule has 3 rings (SSSR count). The van der Waals surface area contributed by atoms with E-state index in [9.17, 15) is 0 Å². The van der Waals surface area contributed by atoms with Crippen LogP contribution < -0.4 is 0 Å². The second-order valence-corrected chi connectivity index (χ2v) is 4.45. The molecule has 2 aromatic heterocycles. The Balaban J connectivity index is 2.42. The molecule has 0 atom stereocenters. The lowest BCUT2D eigenvalue weighted by Gasteiger charge is -2.07. The van der Waals surface area contributed by atoms with Gasteiger partial charge in [0.1, 0.15) is 5.82 Å². The predicted molar refractivity (Wildman–Crippen MR) is 71.3 cm³/mol. The Bertz CT molecular complexity index is 708. The van der Waals surface area contributed by atoms with Gasteiger partial charge in [-0.05, 0) is 26.8 Å². The molecule has 0 radical (unpaired) electrons. The van der Waals surface area contributed by atoms with Gasteiger partial charge in [0, 0.05) is 16.6 Å². The van der Waals surface area contributed by atoms with E-state index in [-0.39, 0.29) is 0 Å². The number of hydrogen-bond acceptors (Lipinski definition) is 3. The van der Waals surface area contributed by atoms with Gasteiger partial charge in [0.15, 0.2) is 0 Å². The van der Waals surface area contributed by atoms with Crippen molar-refractivity contribution in [3.63, 3.8) is 0 Å². The molecule has 90 valence electrons. The zero-order chi connectivity index (χ0) is 12.7. The van der Waals surface area contributed by atoms with Gasteiger partial charge in [-0.3, -0.25) is 5.10 Å². The normalized spacial score (nSPS) is 11.1. The van der Waals surface area contributed by atoms with Crippen LogP contribution in [0, 0.1) is 20.8 Å². The highest BCUT2D eigenvalue weighted by molar-refractivity contribution is 5.93. The van der Waals surface area contributed by atoms with Crippen LogP contribution in [0.1, 0.15) is 17.2 Å². The first kappa shape index (κ1) is 10.9. The molecule has 0 saturated carbocycles. The van der Waals surface area contributed by atoms with Crippen molar-refractivity contribution in [2.24, 2.45) is 0 Å². The van der Waals surface area contributed by atoms with Crippen LogP contribution in [0.3, 0.4) is 0 Å². The Labute approximate surface area is 105 Å². The summed E-state index contributed by atoms with van der Waals surface area (Å²) in [7, 11) is 0. The number of H-pyrrole nitrogens is 1. The van der Waals surface area contributed by atoms with Crippen LogP contribution >= 0.6 is 0 Å². The van der Waals surface area contributed by atoms with Crippen molar-refractivity contribution < 1.29 is 0 Å². The van der Waals surface area contributed by atoms with Gasteiger partial charge >= 0.3 is 0 Å². The maximum absolute atomic E-state index is 4.59. The fourth-order valence-electron chi connectivity index (χ4n) is 2.28. The van der Waals surface area contributed by atoms with Crippen molar-refractivity contribution >= 4 is 10.9 Å². The van der Waals surface area contributed by atoms with E-state index < -0.39 is 0 Å². The molecule has 1 aromatic carbocycles. The van der Waals surface area contributed by atoms with Crippen LogP contribution in [0.4, 0.5) is 0 Å². The molecule has 0 aliphatic heterocycles. The summed E-state index contributed by atoms with van der Waals surface area (Å²) < 4.78 is 0. The molecular formula is C14H14N4. The molecule has 0 amide bonds. The van der Waals surface area contributed by atoms with Crippen molar-refractivity contribution in [3.8, 4) is 11.3 Å². The number of nitrogens with zero attached hydrogens (tertiary/aromatic N) is 3. The maximum atomic E-state index is 4.59. The number of benzene rings is 1. The highest BCUT2D eigenvalue weighted by atomic mass is 15.1. The highest BCUT2D eigenvalue weighted by Gasteiger charge is 2.14. The van der Waals surface area contributed by atoms with E-state index in [2.05, 4.69) is 26.2 Å². The average Bonchev–Trinajstić information content (AvgIpc) is 2.68. The number of aromatic amines is 1. The zero-order valence-corrected chi connectivity index (χ0v) is 10.7. The van der Waals surface area contributed by atoms with Gasteiger partial charge in [-0.15, -0.1) is 0 Å². The first-order valence-corrected chi connectivity index (χ1v) is 5.92. The number of rotatable bonds is 1. The third-order valence-corrected chi connectivity index (χ3v) is 3.08. The molecule has 0 fully saturated rings. The molecule has 0 saturated heterocycles. The van der Waals surface area contributed by atoms with E-state index >= 15 is 0 Å². The summed E-state index contributed by atoms with van der Waals surface area (Å²) >= 11 is 0. The molecule has 18 heavy (non-hydrogen) atoms. The van der Waals surface area contributed by atoms with Crippen LogP contribution in [0.15, 0.2) is 24.3 Å². The lowest BCUT2D eigenvalue weighted by Crippen LogP contribution is -1.95. The van der Waals surface area contributed by atoms with Gasteiger partial charge in [-0.25, -0.2) is 9.97 Å². The van der Waals surface area contributed by atoms with Gasteiger partial charge in [0.05, 0.1) is 16.9 Å². The van der Waals surface area contributed by atoms with Crippen LogP contribution in [-0.4, -0.2) is 20.2 Å². The Morgan fingerprint density at radius 3 is 2.50 bits per heavy atom. The maximum Gasteiger partial charge on any atom is 0.126 e. The van der Waals surface area contributed by atoms with Crippen LogP contribution in [0.25, 0.3) is 22.2 Å². The molecule has 0 aliphatic carbocycles. The minimum absolute atomic E-state index is 0.781. The van der Waals surface area contributed by atoms with Gasteiger partial charge in [0.2, 0.25) is 0 Å². The molecule has 4 heteroatoms. The van der Waals surface area contributed by atoms with E-state index in [4.69, 9.17) is 0 Å². The zero-order valence-electron chi connectivity index (χ0n) is 10.7. The lowest BCUT2D eigenvalue weighted by molar-refractivity contribution is 1.02. The predicted octanol–water partition coefficient (Wildman–Crippen LogP) is 2.95. The summed E-state index contributed by atoms with van der Waals surface area (Å²) in [6, 6.07) is 8.07. The Hall–Kier alpha value is -2.23. The van der Waals surface area contributed by atoms with Gasteiger partial charge in [-0.1, -0.05) is 18.2 Å². The van der Waals surface area contributed by atoms with E-state index in [0.29, 0.717) is 0 Å². The summed E-state index contributed by atoms with van der Waals surface area (Å²) in [5, 5.41) is 8.32. The number of fused-ring (bicyclic) bond motifs is 1. The van der Waals surface area contributed by atoms with Crippen LogP contribution in [-0.2, 0) is 0 Å². The molecule has 4 nitrogen and oxygen atoms in total. The summed E-state index contributed by atoms with van der Waals surface area (Å²) in [5.74, 6) is 0.781. The smallest absolute Gasteiger partial charge is 0.126 e.